The number of ketones is 1. The van der Waals surface area contributed by atoms with E-state index in [1.165, 1.54) is 19.3 Å². The average molecular weight is 361 g/mol. The highest BCUT2D eigenvalue weighted by molar-refractivity contribution is 6.31. The molecule has 1 N–H and O–H groups in total. The van der Waals surface area contributed by atoms with Gasteiger partial charge in [0.2, 0.25) is 11.4 Å². The Morgan fingerprint density at radius 2 is 1.72 bits per heavy atom. The molecule has 5 heteroatoms. The Morgan fingerprint density at radius 1 is 1.12 bits per heavy atom. The van der Waals surface area contributed by atoms with Crippen molar-refractivity contribution in [1.82, 2.24) is 0 Å². The molecule has 1 aromatic carbocycles. The lowest BCUT2D eigenvalue weighted by atomic mass is 9.54. The monoisotopic (exact) mass is 360 g/mol. The number of esters is 1. The summed E-state index contributed by atoms with van der Waals surface area (Å²) in [5, 5.41) is 11.4. The molecule has 5 aliphatic rings. The number of carbonyl (C=O) groups excluding carboxylic acids is 2. The molecule has 0 amide bonds. The van der Waals surface area contributed by atoms with Crippen LogP contribution < -0.4 is 0 Å². The molecule has 0 unspecified atom stereocenters. The molecule has 0 aliphatic heterocycles. The number of hydrogen-bond acceptors (Lipinski definition) is 4. The lowest BCUT2D eigenvalue weighted by molar-refractivity contribution is -0.199. The lowest BCUT2D eigenvalue weighted by Crippen LogP contribution is -2.56. The Morgan fingerprint density at radius 3 is 2.32 bits per heavy atom. The van der Waals surface area contributed by atoms with E-state index in [1.807, 2.05) is 0 Å². The topological polar surface area (TPSA) is 63.6 Å². The van der Waals surface area contributed by atoms with Crippen molar-refractivity contribution in [1.29, 1.82) is 0 Å². The smallest absolute Gasteiger partial charge is 0.347 e. The van der Waals surface area contributed by atoms with Crippen LogP contribution in [-0.4, -0.2) is 28.1 Å². The van der Waals surface area contributed by atoms with Crippen LogP contribution in [-0.2, 0) is 16.0 Å². The number of ether oxygens (including phenoxy) is 1. The van der Waals surface area contributed by atoms with Crippen LogP contribution in [0.3, 0.4) is 0 Å². The Balaban J connectivity index is 1.41. The van der Waals surface area contributed by atoms with Crippen LogP contribution in [0.5, 0.6) is 0 Å². The van der Waals surface area contributed by atoms with Crippen molar-refractivity contribution < 1.29 is 19.4 Å². The summed E-state index contributed by atoms with van der Waals surface area (Å²) in [6, 6.07) is 4.83. The highest BCUT2D eigenvalue weighted by Crippen LogP contribution is 2.57. The van der Waals surface area contributed by atoms with Crippen molar-refractivity contribution in [3.63, 3.8) is 0 Å². The van der Waals surface area contributed by atoms with Gasteiger partial charge in [-0.15, -0.1) is 0 Å². The van der Waals surface area contributed by atoms with E-state index in [-0.39, 0.29) is 6.42 Å². The van der Waals surface area contributed by atoms with Crippen molar-refractivity contribution in [2.24, 2.45) is 17.8 Å². The fourth-order valence-electron chi connectivity index (χ4n) is 6.11. The molecule has 0 aromatic heterocycles. The van der Waals surface area contributed by atoms with E-state index < -0.39 is 23.0 Å². The Bertz CT molecular complexity index is 751. The number of rotatable bonds is 2. The summed E-state index contributed by atoms with van der Waals surface area (Å²) in [4.78, 5) is 25.6. The summed E-state index contributed by atoms with van der Waals surface area (Å²) in [6.45, 7) is 0. The van der Waals surface area contributed by atoms with E-state index in [9.17, 15) is 14.7 Å². The van der Waals surface area contributed by atoms with Crippen LogP contribution in [0.4, 0.5) is 0 Å². The van der Waals surface area contributed by atoms with E-state index in [4.69, 9.17) is 16.3 Å². The van der Waals surface area contributed by atoms with Gasteiger partial charge in [0.25, 0.3) is 0 Å². The molecular weight excluding hydrogens is 340 g/mol. The van der Waals surface area contributed by atoms with Gasteiger partial charge in [0, 0.05) is 17.0 Å². The third kappa shape index (κ3) is 2.30. The van der Waals surface area contributed by atoms with Crippen molar-refractivity contribution in [3.8, 4) is 0 Å². The number of fused-ring (bicyclic) bond motifs is 1. The van der Waals surface area contributed by atoms with Gasteiger partial charge in [0.15, 0.2) is 0 Å². The predicted octanol–water partition coefficient (Wildman–Crippen LogP) is 3.32. The molecule has 0 radical (unpaired) electrons. The quantitative estimate of drug-likeness (QED) is 0.649. The van der Waals surface area contributed by atoms with Gasteiger partial charge in [-0.25, -0.2) is 4.79 Å². The van der Waals surface area contributed by atoms with Crippen molar-refractivity contribution in [2.75, 3.05) is 0 Å². The zero-order chi connectivity index (χ0) is 17.4. The van der Waals surface area contributed by atoms with Gasteiger partial charge in [-0.05, 0) is 80.0 Å². The Hall–Kier alpha value is -1.39. The first-order valence-corrected chi connectivity index (χ1v) is 9.54. The lowest BCUT2D eigenvalue weighted by Gasteiger charge is -2.56. The number of halogens is 1. The van der Waals surface area contributed by atoms with Gasteiger partial charge in [0.05, 0.1) is 0 Å². The van der Waals surface area contributed by atoms with Gasteiger partial charge >= 0.3 is 5.97 Å². The maximum atomic E-state index is 12.9. The average Bonchev–Trinajstić information content (AvgIpc) is 2.77. The van der Waals surface area contributed by atoms with Crippen LogP contribution in [0.2, 0.25) is 5.02 Å². The molecule has 1 atom stereocenters. The first-order valence-electron chi connectivity index (χ1n) is 9.16. The molecule has 5 aliphatic carbocycles. The molecule has 4 fully saturated rings. The van der Waals surface area contributed by atoms with Gasteiger partial charge in [-0.1, -0.05) is 11.6 Å². The van der Waals surface area contributed by atoms with Crippen molar-refractivity contribution in [2.45, 2.75) is 56.1 Å². The second-order valence-electron chi connectivity index (χ2n) is 8.66. The fourth-order valence-corrected chi connectivity index (χ4v) is 6.31. The second kappa shape index (κ2) is 5.08. The molecule has 25 heavy (non-hydrogen) atoms. The molecule has 6 rings (SSSR count). The van der Waals surface area contributed by atoms with Crippen molar-refractivity contribution >= 4 is 23.4 Å². The Labute approximate surface area is 151 Å². The first kappa shape index (κ1) is 15.8. The highest BCUT2D eigenvalue weighted by Gasteiger charge is 2.57. The van der Waals surface area contributed by atoms with Gasteiger partial charge in [0.1, 0.15) is 5.60 Å². The number of Topliss-reactive ketones (excluding diaryl/α,β-unsaturated/α-hetero) is 1. The molecule has 0 spiro atoms. The highest BCUT2D eigenvalue weighted by atomic mass is 35.5. The molecule has 1 aromatic rings. The maximum Gasteiger partial charge on any atom is 0.347 e. The van der Waals surface area contributed by atoms with Crippen LogP contribution in [0.25, 0.3) is 0 Å². The molecule has 4 bridgehead atoms. The summed E-state index contributed by atoms with van der Waals surface area (Å²) >= 11 is 5.98. The van der Waals surface area contributed by atoms with E-state index in [2.05, 4.69) is 0 Å². The standard InChI is InChI=1S/C20H21ClO4/c21-15-1-2-16-14(6-15)10-20(24,17(16)22)18(23)25-19-7-11-3-12(8-19)5-13(4-11)9-19/h1-2,6,11-13,24H,3-5,7-10H2/t11?,12?,13?,19?,20-/m1/s1. The number of aliphatic hydroxyl groups is 1. The van der Waals surface area contributed by atoms with Gasteiger partial charge in [-0.2, -0.15) is 0 Å². The van der Waals surface area contributed by atoms with Crippen LogP contribution in [0, 0.1) is 17.8 Å². The van der Waals surface area contributed by atoms with Gasteiger partial charge in [-0.3, -0.25) is 4.79 Å². The van der Waals surface area contributed by atoms with Crippen LogP contribution in [0.15, 0.2) is 18.2 Å². The first-order chi connectivity index (χ1) is 11.9. The third-order valence-electron chi connectivity index (χ3n) is 6.76. The van der Waals surface area contributed by atoms with E-state index in [1.54, 1.807) is 18.2 Å². The van der Waals surface area contributed by atoms with E-state index in [0.29, 0.717) is 33.9 Å². The Kier molecular flexibility index (Phi) is 3.21. The third-order valence-corrected chi connectivity index (χ3v) is 7.00. The molecular formula is C20H21ClO4. The van der Waals surface area contributed by atoms with Gasteiger partial charge < -0.3 is 9.84 Å². The largest absolute Gasteiger partial charge is 0.457 e. The van der Waals surface area contributed by atoms with Crippen LogP contribution >= 0.6 is 11.6 Å². The molecule has 4 nitrogen and oxygen atoms in total. The summed E-state index contributed by atoms with van der Waals surface area (Å²) in [5.74, 6) is 0.553. The van der Waals surface area contributed by atoms with E-state index >= 15 is 0 Å². The normalized spacial score (nSPS) is 41.0. The summed E-state index contributed by atoms with van der Waals surface area (Å²) in [5.41, 5.74) is -1.58. The fraction of sp³-hybridized carbons (Fsp3) is 0.600. The van der Waals surface area contributed by atoms with E-state index in [0.717, 1.165) is 19.3 Å². The summed E-state index contributed by atoms with van der Waals surface area (Å²) in [7, 11) is 0. The second-order valence-corrected chi connectivity index (χ2v) is 9.09. The molecule has 0 saturated heterocycles. The number of carbonyl (C=O) groups is 2. The predicted molar refractivity (Wildman–Crippen MR) is 91.4 cm³/mol. The number of hydrogen-bond donors (Lipinski definition) is 1. The molecule has 4 saturated carbocycles. The zero-order valence-corrected chi connectivity index (χ0v) is 14.7. The molecule has 0 heterocycles. The summed E-state index contributed by atoms with van der Waals surface area (Å²) < 4.78 is 5.93. The minimum absolute atomic E-state index is 0.0487. The maximum absolute atomic E-state index is 12.9. The van der Waals surface area contributed by atoms with Crippen LogP contribution in [0.1, 0.15) is 54.4 Å². The molecule has 132 valence electrons. The SMILES string of the molecule is O=C(OC12CC3CC(CC(C3)C1)C2)[C@@]1(O)Cc2cc(Cl)ccc2C1=O. The minimum atomic E-state index is -2.10. The van der Waals surface area contributed by atoms with Crippen molar-refractivity contribution in [3.05, 3.63) is 34.3 Å². The number of benzene rings is 1. The zero-order valence-electron chi connectivity index (χ0n) is 14.0. The minimum Gasteiger partial charge on any atom is -0.457 e. The summed E-state index contributed by atoms with van der Waals surface area (Å²) in [6.07, 6.45) is 6.32.